The van der Waals surface area contributed by atoms with Crippen molar-refractivity contribution in [3.05, 3.63) is 15.4 Å². The Morgan fingerprint density at radius 1 is 1.50 bits per heavy atom. The van der Waals surface area contributed by atoms with Crippen LogP contribution in [0.2, 0.25) is 0 Å². The first-order chi connectivity index (χ1) is 5.39. The predicted octanol–water partition coefficient (Wildman–Crippen LogP) is 0.320. The van der Waals surface area contributed by atoms with Gasteiger partial charge in [-0.15, -0.1) is 0 Å². The number of nitrogens with two attached hydrogens (primary N) is 1. The molecular formula is C5H8N4OS2. The maximum atomic E-state index is 9.32. The summed E-state index contributed by atoms with van der Waals surface area (Å²) in [5.74, 6) is 0.149. The summed E-state index contributed by atoms with van der Waals surface area (Å²) >= 11 is 9.51. The van der Waals surface area contributed by atoms with Gasteiger partial charge in [-0.2, -0.15) is 0 Å². The molecule has 0 aliphatic carbocycles. The third-order valence-electron chi connectivity index (χ3n) is 1.15. The Morgan fingerprint density at radius 2 is 2.08 bits per heavy atom. The molecule has 1 aromatic heterocycles. The van der Waals surface area contributed by atoms with Crippen molar-refractivity contribution in [3.8, 4) is 0 Å². The monoisotopic (exact) mass is 204 g/mol. The van der Waals surface area contributed by atoms with Crippen molar-refractivity contribution in [2.75, 3.05) is 0 Å². The van der Waals surface area contributed by atoms with E-state index in [0.717, 1.165) is 0 Å². The highest BCUT2D eigenvalue weighted by Gasteiger charge is 2.18. The van der Waals surface area contributed by atoms with Crippen LogP contribution >= 0.6 is 24.4 Å². The number of aromatic nitrogens is 3. The molecule has 0 fully saturated rings. The first-order valence-corrected chi connectivity index (χ1v) is 3.93. The van der Waals surface area contributed by atoms with E-state index in [1.807, 2.05) is 0 Å². The van der Waals surface area contributed by atoms with E-state index >= 15 is 0 Å². The Hall–Kier alpha value is -0.630. The zero-order valence-electron chi connectivity index (χ0n) is 6.29. The van der Waals surface area contributed by atoms with E-state index in [1.54, 1.807) is 0 Å². The van der Waals surface area contributed by atoms with Crippen LogP contribution in [0.1, 0.15) is 12.7 Å². The molecule has 66 valence electrons. The minimum atomic E-state index is -1.55. The van der Waals surface area contributed by atoms with Crippen molar-refractivity contribution in [1.29, 1.82) is 0 Å². The summed E-state index contributed by atoms with van der Waals surface area (Å²) in [6.45, 7) is 1.38. The van der Waals surface area contributed by atoms with Crippen molar-refractivity contribution in [2.24, 2.45) is 5.73 Å². The summed E-state index contributed by atoms with van der Waals surface area (Å²) in [5.41, 5.74) is 3.80. The van der Waals surface area contributed by atoms with Crippen molar-refractivity contribution in [1.82, 2.24) is 15.0 Å². The molecule has 12 heavy (non-hydrogen) atoms. The van der Waals surface area contributed by atoms with Crippen molar-refractivity contribution in [2.45, 2.75) is 12.6 Å². The standard InChI is InChI=1S/C5H8N4OS2/c1-5(6,10)2-7-3(11)9-4(12)8-2/h10H,6H2,1H3,(H2,7,8,9,11,12). The summed E-state index contributed by atoms with van der Waals surface area (Å²) < 4.78 is 0.482. The first kappa shape index (κ1) is 9.46. The lowest BCUT2D eigenvalue weighted by Crippen LogP contribution is -2.34. The van der Waals surface area contributed by atoms with Crippen LogP contribution in [0.15, 0.2) is 0 Å². The van der Waals surface area contributed by atoms with E-state index in [2.05, 4.69) is 15.0 Å². The van der Waals surface area contributed by atoms with Gasteiger partial charge in [0.25, 0.3) is 0 Å². The molecule has 0 bridgehead atoms. The van der Waals surface area contributed by atoms with Gasteiger partial charge in [0.2, 0.25) is 4.77 Å². The van der Waals surface area contributed by atoms with Crippen LogP contribution in [0, 0.1) is 9.54 Å². The van der Waals surface area contributed by atoms with Gasteiger partial charge in [0.05, 0.1) is 0 Å². The largest absolute Gasteiger partial charge is 0.369 e. The van der Waals surface area contributed by atoms with Gasteiger partial charge in [-0.05, 0) is 31.4 Å². The second kappa shape index (κ2) is 3.02. The van der Waals surface area contributed by atoms with Gasteiger partial charge in [-0.3, -0.25) is 5.73 Å². The molecule has 0 saturated heterocycles. The Labute approximate surface area is 78.7 Å². The zero-order valence-corrected chi connectivity index (χ0v) is 7.92. The Bertz CT molecular complexity index is 359. The quantitative estimate of drug-likeness (QED) is 0.391. The molecule has 1 heterocycles. The van der Waals surface area contributed by atoms with Gasteiger partial charge < -0.3 is 15.1 Å². The molecule has 0 aromatic carbocycles. The highest BCUT2D eigenvalue weighted by atomic mass is 32.1. The summed E-state index contributed by atoms with van der Waals surface area (Å²) in [5, 5.41) is 9.32. The molecule has 0 aliphatic rings. The molecule has 1 unspecified atom stereocenters. The maximum absolute atomic E-state index is 9.32. The molecular weight excluding hydrogens is 196 g/mol. The summed E-state index contributed by atoms with van der Waals surface area (Å²) in [6, 6.07) is 0. The summed E-state index contributed by atoms with van der Waals surface area (Å²) in [7, 11) is 0. The lowest BCUT2D eigenvalue weighted by atomic mass is 10.3. The lowest BCUT2D eigenvalue weighted by Gasteiger charge is -2.14. The van der Waals surface area contributed by atoms with E-state index in [-0.39, 0.29) is 15.4 Å². The zero-order chi connectivity index (χ0) is 9.35. The Balaban J connectivity index is 3.37. The molecule has 0 saturated carbocycles. The smallest absolute Gasteiger partial charge is 0.200 e. The number of hydrogen-bond donors (Lipinski definition) is 4. The molecule has 0 radical (unpaired) electrons. The van der Waals surface area contributed by atoms with Crippen molar-refractivity contribution >= 4 is 24.4 Å². The predicted molar refractivity (Wildman–Crippen MR) is 48.4 cm³/mol. The van der Waals surface area contributed by atoms with Gasteiger partial charge in [-0.25, -0.2) is 4.98 Å². The molecule has 5 N–H and O–H groups in total. The molecule has 1 aromatic rings. The number of nitrogens with one attached hydrogen (secondary N) is 2. The SMILES string of the molecule is CC(N)(O)c1nc(=S)[nH]c(=S)[nH]1. The van der Waals surface area contributed by atoms with Crippen molar-refractivity contribution in [3.63, 3.8) is 0 Å². The topological polar surface area (TPSA) is 90.7 Å². The number of hydrogen-bond acceptors (Lipinski definition) is 5. The van der Waals surface area contributed by atoms with Gasteiger partial charge in [0.1, 0.15) is 0 Å². The summed E-state index contributed by atoms with van der Waals surface area (Å²) in [4.78, 5) is 8.94. The van der Waals surface area contributed by atoms with Crippen LogP contribution in [0.4, 0.5) is 0 Å². The van der Waals surface area contributed by atoms with Crippen molar-refractivity contribution < 1.29 is 5.11 Å². The highest BCUT2D eigenvalue weighted by Crippen LogP contribution is 2.06. The van der Waals surface area contributed by atoms with Crippen LogP contribution in [0.5, 0.6) is 0 Å². The number of nitrogens with zero attached hydrogens (tertiary/aromatic N) is 1. The van der Waals surface area contributed by atoms with Crippen LogP contribution in [0.3, 0.4) is 0 Å². The molecule has 7 heteroatoms. The van der Waals surface area contributed by atoms with Gasteiger partial charge in [0.15, 0.2) is 16.3 Å². The minimum absolute atomic E-state index is 0.149. The van der Waals surface area contributed by atoms with E-state index in [4.69, 9.17) is 30.2 Å². The van der Waals surface area contributed by atoms with E-state index in [9.17, 15) is 5.11 Å². The second-order valence-electron chi connectivity index (χ2n) is 2.49. The van der Waals surface area contributed by atoms with Crippen LogP contribution in [-0.4, -0.2) is 20.1 Å². The molecule has 1 rings (SSSR count). The first-order valence-electron chi connectivity index (χ1n) is 3.12. The fraction of sp³-hybridized carbons (Fsp3) is 0.400. The van der Waals surface area contributed by atoms with Gasteiger partial charge in [0, 0.05) is 0 Å². The number of H-pyrrole nitrogens is 2. The normalized spacial score (nSPS) is 15.6. The van der Waals surface area contributed by atoms with Crippen LogP contribution in [-0.2, 0) is 5.72 Å². The minimum Gasteiger partial charge on any atom is -0.369 e. The van der Waals surface area contributed by atoms with Gasteiger partial charge in [-0.1, -0.05) is 0 Å². The van der Waals surface area contributed by atoms with Crippen LogP contribution < -0.4 is 5.73 Å². The third-order valence-corrected chi connectivity index (χ3v) is 1.54. The molecule has 0 aliphatic heterocycles. The average molecular weight is 204 g/mol. The van der Waals surface area contributed by atoms with E-state index in [0.29, 0.717) is 0 Å². The van der Waals surface area contributed by atoms with Gasteiger partial charge >= 0.3 is 0 Å². The molecule has 5 nitrogen and oxygen atoms in total. The lowest BCUT2D eigenvalue weighted by molar-refractivity contribution is 0.0544. The molecule has 0 spiro atoms. The summed E-state index contributed by atoms with van der Waals surface area (Å²) in [6.07, 6.45) is 0. The average Bonchev–Trinajstić information content (AvgIpc) is 1.82. The van der Waals surface area contributed by atoms with E-state index in [1.165, 1.54) is 6.92 Å². The molecule has 0 amide bonds. The number of aromatic amines is 2. The fourth-order valence-corrected chi connectivity index (χ4v) is 1.08. The third kappa shape index (κ3) is 2.18. The number of aliphatic hydroxyl groups is 1. The Morgan fingerprint density at radius 3 is 2.50 bits per heavy atom. The van der Waals surface area contributed by atoms with E-state index < -0.39 is 5.72 Å². The maximum Gasteiger partial charge on any atom is 0.200 e. The molecule has 1 atom stereocenters. The van der Waals surface area contributed by atoms with Crippen LogP contribution in [0.25, 0.3) is 0 Å². The Kier molecular flexibility index (Phi) is 2.38. The second-order valence-corrected chi connectivity index (χ2v) is 3.29. The number of rotatable bonds is 1. The highest BCUT2D eigenvalue weighted by molar-refractivity contribution is 7.71. The fourth-order valence-electron chi connectivity index (χ4n) is 0.633.